The predicted octanol–water partition coefficient (Wildman–Crippen LogP) is 2.42. The molecule has 166 valence electrons. The van der Waals surface area contributed by atoms with Crippen molar-refractivity contribution in [3.63, 3.8) is 0 Å². The van der Waals surface area contributed by atoms with Crippen LogP contribution < -0.4 is 11.5 Å². The minimum atomic E-state index is -1.02. The molecule has 1 unspecified atom stereocenters. The lowest BCUT2D eigenvalue weighted by Gasteiger charge is -2.23. The molecule has 0 aliphatic carbocycles. The number of aliphatic imine (C=N–C) groups is 1. The van der Waals surface area contributed by atoms with E-state index in [1.54, 1.807) is 30.8 Å². The third-order valence-electron chi connectivity index (χ3n) is 5.50. The number of fused-ring (bicyclic) bond motifs is 1. The summed E-state index contributed by atoms with van der Waals surface area (Å²) in [6, 6.07) is 1.78. The Labute approximate surface area is 182 Å². The Hall–Kier alpha value is -3.04. The summed E-state index contributed by atoms with van der Waals surface area (Å²) >= 11 is 0. The monoisotopic (exact) mass is 424 g/mol. The fraction of sp³-hybridized carbons (Fsp3) is 0.455. The second-order valence-corrected chi connectivity index (χ2v) is 8.19. The van der Waals surface area contributed by atoms with Gasteiger partial charge in [-0.1, -0.05) is 13.8 Å². The van der Waals surface area contributed by atoms with Gasteiger partial charge in [-0.2, -0.15) is 10.2 Å². The summed E-state index contributed by atoms with van der Waals surface area (Å²) in [5, 5.41) is 18.9. The Morgan fingerprint density at radius 1 is 1.26 bits per heavy atom. The Morgan fingerprint density at radius 2 is 2.00 bits per heavy atom. The molecule has 3 rings (SSSR count). The van der Waals surface area contributed by atoms with E-state index in [0.29, 0.717) is 17.3 Å². The van der Waals surface area contributed by atoms with Crippen molar-refractivity contribution >= 4 is 17.3 Å². The van der Waals surface area contributed by atoms with Crippen LogP contribution in [-0.4, -0.2) is 53.9 Å². The van der Waals surface area contributed by atoms with Gasteiger partial charge >= 0.3 is 0 Å². The van der Waals surface area contributed by atoms with E-state index in [4.69, 9.17) is 16.5 Å². The van der Waals surface area contributed by atoms with Crippen molar-refractivity contribution in [2.75, 3.05) is 6.54 Å². The molecule has 9 nitrogen and oxygen atoms in total. The van der Waals surface area contributed by atoms with Gasteiger partial charge in [0.1, 0.15) is 0 Å². The fourth-order valence-corrected chi connectivity index (χ4v) is 3.28. The van der Waals surface area contributed by atoms with E-state index in [-0.39, 0.29) is 6.54 Å². The molecule has 3 aromatic heterocycles. The first kappa shape index (κ1) is 22.6. The van der Waals surface area contributed by atoms with Crippen LogP contribution >= 0.6 is 0 Å². The maximum atomic E-state index is 9.99. The van der Waals surface area contributed by atoms with Crippen LogP contribution in [0.2, 0.25) is 0 Å². The number of hydrogen-bond donors (Lipinski definition) is 3. The van der Waals surface area contributed by atoms with Gasteiger partial charge in [0.05, 0.1) is 59.7 Å². The Kier molecular flexibility index (Phi) is 6.87. The molecule has 9 heteroatoms. The lowest BCUT2D eigenvalue weighted by molar-refractivity contribution is 0.0551. The summed E-state index contributed by atoms with van der Waals surface area (Å²) in [6.07, 6.45) is 12.5. The van der Waals surface area contributed by atoms with Crippen LogP contribution in [0.4, 0.5) is 0 Å². The molecule has 3 heterocycles. The van der Waals surface area contributed by atoms with Gasteiger partial charge in [-0.15, -0.1) is 0 Å². The highest BCUT2D eigenvalue weighted by atomic mass is 16.3. The molecule has 0 aliphatic heterocycles. The second kappa shape index (κ2) is 9.40. The quantitative estimate of drug-likeness (QED) is 0.452. The number of hydrogen-bond acceptors (Lipinski definition) is 7. The van der Waals surface area contributed by atoms with E-state index in [9.17, 15) is 5.11 Å². The number of nitrogens with zero attached hydrogens (tertiary/aromatic N) is 6. The molecule has 0 aliphatic rings. The minimum Gasteiger partial charge on any atom is -0.404 e. The molecule has 0 saturated carbocycles. The normalized spacial score (nSPS) is 14.2. The van der Waals surface area contributed by atoms with E-state index >= 15 is 0 Å². The topological polar surface area (TPSA) is 133 Å². The van der Waals surface area contributed by atoms with Gasteiger partial charge in [-0.05, 0) is 32.8 Å². The van der Waals surface area contributed by atoms with E-state index < -0.39 is 11.6 Å². The Balaban J connectivity index is 1.96. The first-order chi connectivity index (χ1) is 14.8. The van der Waals surface area contributed by atoms with Crippen molar-refractivity contribution in [3.8, 4) is 11.3 Å². The van der Waals surface area contributed by atoms with Gasteiger partial charge < -0.3 is 16.6 Å². The molecule has 0 aromatic carbocycles. The van der Waals surface area contributed by atoms with Crippen molar-refractivity contribution in [2.45, 2.75) is 58.2 Å². The summed E-state index contributed by atoms with van der Waals surface area (Å²) < 4.78 is 3.77. The highest BCUT2D eigenvalue weighted by Crippen LogP contribution is 2.26. The average Bonchev–Trinajstić information content (AvgIpc) is 3.40. The van der Waals surface area contributed by atoms with Gasteiger partial charge in [0.25, 0.3) is 0 Å². The van der Waals surface area contributed by atoms with Crippen LogP contribution in [0, 0.1) is 0 Å². The molecule has 31 heavy (non-hydrogen) atoms. The predicted molar refractivity (Wildman–Crippen MR) is 124 cm³/mol. The standard InChI is InChI=1S/C22H32N8O/c1-5-17(6-2)29-13-16(11-27-29)21-19-7-8-26-30(19)14-18(28-21)15(9-23)10-25-12-20(24)22(3,4)31/h7-11,13-14,17,20,31H,5-6,12,23-24H2,1-4H3. The third-order valence-corrected chi connectivity index (χ3v) is 5.50. The summed E-state index contributed by atoms with van der Waals surface area (Å²) in [4.78, 5) is 9.21. The number of aromatic nitrogens is 5. The molecule has 0 bridgehead atoms. The largest absolute Gasteiger partial charge is 0.404 e. The molecule has 0 spiro atoms. The molecule has 0 amide bonds. The van der Waals surface area contributed by atoms with Crippen molar-refractivity contribution in [1.82, 2.24) is 24.4 Å². The van der Waals surface area contributed by atoms with E-state index in [0.717, 1.165) is 29.6 Å². The first-order valence-corrected chi connectivity index (χ1v) is 10.6. The van der Waals surface area contributed by atoms with Crippen LogP contribution in [-0.2, 0) is 0 Å². The van der Waals surface area contributed by atoms with Crippen molar-refractivity contribution in [2.24, 2.45) is 16.5 Å². The number of nitrogens with two attached hydrogens (primary N) is 2. The first-order valence-electron chi connectivity index (χ1n) is 10.6. The molecule has 1 atom stereocenters. The van der Waals surface area contributed by atoms with Crippen LogP contribution in [0.5, 0.6) is 0 Å². The average molecular weight is 425 g/mol. The highest BCUT2D eigenvalue weighted by Gasteiger charge is 2.22. The molecule has 3 aromatic rings. The lowest BCUT2D eigenvalue weighted by atomic mass is 10.0. The summed E-state index contributed by atoms with van der Waals surface area (Å²) in [6.45, 7) is 7.90. The maximum absolute atomic E-state index is 9.99. The van der Waals surface area contributed by atoms with Gasteiger partial charge in [0, 0.05) is 29.7 Å². The molecule has 0 fully saturated rings. The van der Waals surface area contributed by atoms with E-state index in [1.807, 2.05) is 29.3 Å². The number of rotatable bonds is 9. The maximum Gasteiger partial charge on any atom is 0.0999 e. The Morgan fingerprint density at radius 3 is 2.65 bits per heavy atom. The van der Waals surface area contributed by atoms with Crippen LogP contribution in [0.25, 0.3) is 22.3 Å². The molecule has 5 N–H and O–H groups in total. The zero-order valence-electron chi connectivity index (χ0n) is 18.6. The van der Waals surface area contributed by atoms with E-state index in [2.05, 4.69) is 29.0 Å². The van der Waals surface area contributed by atoms with Crippen molar-refractivity contribution in [1.29, 1.82) is 0 Å². The Bertz CT molecular complexity index is 1070. The van der Waals surface area contributed by atoms with E-state index in [1.165, 1.54) is 6.20 Å². The molecule has 0 saturated heterocycles. The van der Waals surface area contributed by atoms with Crippen molar-refractivity contribution < 1.29 is 5.11 Å². The lowest BCUT2D eigenvalue weighted by Crippen LogP contribution is -2.45. The molecule has 0 radical (unpaired) electrons. The van der Waals surface area contributed by atoms with Crippen molar-refractivity contribution in [3.05, 3.63) is 42.7 Å². The van der Waals surface area contributed by atoms with Crippen LogP contribution in [0.15, 0.2) is 42.0 Å². The SMILES string of the molecule is CCC(CC)n1cc(-c2nc(C(C=NCC(N)C(C)(C)O)=CN)cn3nccc23)cn1. The summed E-state index contributed by atoms with van der Waals surface area (Å²) in [7, 11) is 0. The van der Waals surface area contributed by atoms with Gasteiger partial charge in [0.15, 0.2) is 0 Å². The van der Waals surface area contributed by atoms with Gasteiger partial charge in [0.2, 0.25) is 0 Å². The highest BCUT2D eigenvalue weighted by molar-refractivity contribution is 6.09. The van der Waals surface area contributed by atoms with Crippen LogP contribution in [0.1, 0.15) is 52.3 Å². The fourth-order valence-electron chi connectivity index (χ4n) is 3.28. The third kappa shape index (κ3) is 5.00. The minimum absolute atomic E-state index is 0.264. The molecular weight excluding hydrogens is 392 g/mol. The zero-order chi connectivity index (χ0) is 22.6. The second-order valence-electron chi connectivity index (χ2n) is 8.19. The smallest absolute Gasteiger partial charge is 0.0999 e. The van der Waals surface area contributed by atoms with Crippen LogP contribution in [0.3, 0.4) is 0 Å². The number of aliphatic hydroxyl groups is 1. The summed E-state index contributed by atoms with van der Waals surface area (Å²) in [5.41, 5.74) is 14.7. The van der Waals surface area contributed by atoms with Gasteiger partial charge in [-0.25, -0.2) is 9.50 Å². The summed E-state index contributed by atoms with van der Waals surface area (Å²) in [5.74, 6) is 0. The van der Waals surface area contributed by atoms with Gasteiger partial charge in [-0.3, -0.25) is 9.67 Å². The number of allylic oxidation sites excluding steroid dienone is 1. The molecular formula is C22H32N8O. The zero-order valence-corrected chi connectivity index (χ0v) is 18.6.